The zero-order valence-corrected chi connectivity index (χ0v) is 9.64. The topological polar surface area (TPSA) is 34.1 Å². The van der Waals surface area contributed by atoms with Crippen molar-refractivity contribution in [1.82, 2.24) is 0 Å². The third-order valence-electron chi connectivity index (χ3n) is 2.09. The molecule has 1 aromatic carbocycles. The van der Waals surface area contributed by atoms with E-state index in [1.807, 2.05) is 24.3 Å². The Morgan fingerprint density at radius 2 is 1.79 bits per heavy atom. The molecule has 0 aliphatic heterocycles. The average Bonchev–Trinajstić information content (AvgIpc) is 2.01. The Labute approximate surface area is 85.9 Å². The van der Waals surface area contributed by atoms with Gasteiger partial charge in [0.2, 0.25) is 0 Å². The summed E-state index contributed by atoms with van der Waals surface area (Å²) < 4.78 is 22.4. The molecule has 0 saturated carbocycles. The molecule has 0 spiro atoms. The predicted octanol–water partition coefficient (Wildman–Crippen LogP) is 2.35. The molecule has 0 aromatic heterocycles. The first-order valence-corrected chi connectivity index (χ1v) is 6.72. The quantitative estimate of drug-likeness (QED) is 0.770. The maximum absolute atomic E-state index is 11.2. The van der Waals surface area contributed by atoms with E-state index < -0.39 is 9.84 Å². The largest absolute Gasteiger partial charge is 0.229 e. The van der Waals surface area contributed by atoms with Gasteiger partial charge in [0, 0.05) is 6.26 Å². The van der Waals surface area contributed by atoms with Gasteiger partial charge < -0.3 is 0 Å². The van der Waals surface area contributed by atoms with Gasteiger partial charge in [0.25, 0.3) is 0 Å². The maximum atomic E-state index is 11.2. The minimum Gasteiger partial charge on any atom is -0.229 e. The lowest BCUT2D eigenvalue weighted by molar-refractivity contribution is 0.600. The van der Waals surface area contributed by atoms with Gasteiger partial charge in [-0.05, 0) is 17.0 Å². The molecular weight excluding hydrogens is 196 g/mol. The summed E-state index contributed by atoms with van der Waals surface area (Å²) in [4.78, 5) is 0. The van der Waals surface area contributed by atoms with Crippen molar-refractivity contribution in [3.63, 3.8) is 0 Å². The summed E-state index contributed by atoms with van der Waals surface area (Å²) in [6, 6.07) is 7.70. The standard InChI is InChI=1S/C11H16O2S/c1-9(2)11-7-5-4-6-10(11)8-14(3,12)13/h4-7,9H,8H2,1-3H3. The molecule has 0 unspecified atom stereocenters. The maximum Gasteiger partial charge on any atom is 0.151 e. The first kappa shape index (κ1) is 11.2. The van der Waals surface area contributed by atoms with Crippen LogP contribution >= 0.6 is 0 Å². The van der Waals surface area contributed by atoms with Crippen LogP contribution in [0.4, 0.5) is 0 Å². The Morgan fingerprint density at radius 3 is 2.29 bits per heavy atom. The molecule has 14 heavy (non-hydrogen) atoms. The molecule has 0 radical (unpaired) electrons. The highest BCUT2D eigenvalue weighted by Crippen LogP contribution is 2.20. The van der Waals surface area contributed by atoms with Crippen molar-refractivity contribution in [2.45, 2.75) is 25.5 Å². The van der Waals surface area contributed by atoms with E-state index in [9.17, 15) is 8.42 Å². The number of hydrogen-bond acceptors (Lipinski definition) is 2. The lowest BCUT2D eigenvalue weighted by atomic mass is 9.98. The van der Waals surface area contributed by atoms with Crippen LogP contribution in [0.15, 0.2) is 24.3 Å². The van der Waals surface area contributed by atoms with E-state index in [1.165, 1.54) is 6.26 Å². The van der Waals surface area contributed by atoms with Gasteiger partial charge in [-0.2, -0.15) is 0 Å². The summed E-state index contributed by atoms with van der Waals surface area (Å²) >= 11 is 0. The molecular formula is C11H16O2S. The van der Waals surface area contributed by atoms with Crippen molar-refractivity contribution in [3.8, 4) is 0 Å². The van der Waals surface area contributed by atoms with Crippen LogP contribution < -0.4 is 0 Å². The van der Waals surface area contributed by atoms with Gasteiger partial charge in [-0.1, -0.05) is 38.1 Å². The Morgan fingerprint density at radius 1 is 1.21 bits per heavy atom. The molecule has 1 aromatic rings. The highest BCUT2D eigenvalue weighted by atomic mass is 32.2. The van der Waals surface area contributed by atoms with Crippen molar-refractivity contribution in [2.24, 2.45) is 0 Å². The fraction of sp³-hybridized carbons (Fsp3) is 0.455. The fourth-order valence-electron chi connectivity index (χ4n) is 1.51. The molecule has 78 valence electrons. The minimum atomic E-state index is -2.93. The summed E-state index contributed by atoms with van der Waals surface area (Å²) in [6.07, 6.45) is 1.27. The Kier molecular flexibility index (Phi) is 3.32. The SMILES string of the molecule is CC(C)c1ccccc1CS(C)(=O)=O. The van der Waals surface area contributed by atoms with E-state index >= 15 is 0 Å². The second-order valence-electron chi connectivity index (χ2n) is 3.92. The van der Waals surface area contributed by atoms with E-state index in [1.54, 1.807) is 0 Å². The fourth-order valence-corrected chi connectivity index (χ4v) is 2.34. The van der Waals surface area contributed by atoms with Crippen LogP contribution in [0.2, 0.25) is 0 Å². The zero-order valence-electron chi connectivity index (χ0n) is 8.82. The van der Waals surface area contributed by atoms with Crippen molar-refractivity contribution in [1.29, 1.82) is 0 Å². The summed E-state index contributed by atoms with van der Waals surface area (Å²) in [5.74, 6) is 0.509. The van der Waals surface area contributed by atoms with Gasteiger partial charge in [0.1, 0.15) is 0 Å². The van der Waals surface area contributed by atoms with E-state index in [-0.39, 0.29) is 5.75 Å². The highest BCUT2D eigenvalue weighted by Gasteiger charge is 2.10. The Balaban J connectivity index is 3.08. The summed E-state index contributed by atoms with van der Waals surface area (Å²) in [5, 5.41) is 0. The molecule has 0 N–H and O–H groups in total. The summed E-state index contributed by atoms with van der Waals surface area (Å²) in [5.41, 5.74) is 2.04. The van der Waals surface area contributed by atoms with Crippen molar-refractivity contribution in [3.05, 3.63) is 35.4 Å². The first-order chi connectivity index (χ1) is 6.40. The third-order valence-corrected chi connectivity index (χ3v) is 2.93. The average molecular weight is 212 g/mol. The van der Waals surface area contributed by atoms with Gasteiger partial charge in [-0.25, -0.2) is 8.42 Å². The Bertz CT molecular complexity index is 405. The number of sulfone groups is 1. The number of rotatable bonds is 3. The lowest BCUT2D eigenvalue weighted by Gasteiger charge is -2.11. The zero-order chi connectivity index (χ0) is 10.8. The summed E-state index contributed by atoms with van der Waals surface area (Å²) in [6.45, 7) is 4.14. The van der Waals surface area contributed by atoms with Gasteiger partial charge in [0.05, 0.1) is 5.75 Å². The van der Waals surface area contributed by atoms with Crippen LogP contribution in [0.3, 0.4) is 0 Å². The van der Waals surface area contributed by atoms with Crippen LogP contribution in [-0.2, 0) is 15.6 Å². The van der Waals surface area contributed by atoms with Crippen LogP contribution in [0.25, 0.3) is 0 Å². The van der Waals surface area contributed by atoms with E-state index in [4.69, 9.17) is 0 Å². The molecule has 0 bridgehead atoms. The van der Waals surface area contributed by atoms with E-state index in [0.717, 1.165) is 11.1 Å². The van der Waals surface area contributed by atoms with Crippen molar-refractivity contribution < 1.29 is 8.42 Å². The van der Waals surface area contributed by atoms with Gasteiger partial charge in [0.15, 0.2) is 9.84 Å². The number of hydrogen-bond donors (Lipinski definition) is 0. The van der Waals surface area contributed by atoms with Crippen molar-refractivity contribution >= 4 is 9.84 Å². The predicted molar refractivity (Wildman–Crippen MR) is 59.1 cm³/mol. The molecule has 0 saturated heterocycles. The van der Waals surface area contributed by atoms with Crippen molar-refractivity contribution in [2.75, 3.05) is 6.26 Å². The monoisotopic (exact) mass is 212 g/mol. The second kappa shape index (κ2) is 4.13. The smallest absolute Gasteiger partial charge is 0.151 e. The lowest BCUT2D eigenvalue weighted by Crippen LogP contribution is -2.04. The van der Waals surface area contributed by atoms with Crippen LogP contribution in [0.5, 0.6) is 0 Å². The van der Waals surface area contributed by atoms with Crippen LogP contribution in [0, 0.1) is 0 Å². The summed E-state index contributed by atoms with van der Waals surface area (Å²) in [7, 11) is -2.93. The first-order valence-electron chi connectivity index (χ1n) is 4.65. The molecule has 0 aliphatic carbocycles. The van der Waals surface area contributed by atoms with E-state index in [2.05, 4.69) is 13.8 Å². The van der Waals surface area contributed by atoms with Gasteiger partial charge >= 0.3 is 0 Å². The second-order valence-corrected chi connectivity index (χ2v) is 6.06. The highest BCUT2D eigenvalue weighted by molar-refractivity contribution is 7.89. The van der Waals surface area contributed by atoms with Gasteiger partial charge in [-0.15, -0.1) is 0 Å². The van der Waals surface area contributed by atoms with Crippen LogP contribution in [0.1, 0.15) is 30.9 Å². The molecule has 0 aliphatic rings. The molecule has 0 atom stereocenters. The molecule has 3 heteroatoms. The molecule has 0 fully saturated rings. The van der Waals surface area contributed by atoms with Gasteiger partial charge in [-0.3, -0.25) is 0 Å². The molecule has 2 nitrogen and oxygen atoms in total. The third kappa shape index (κ3) is 3.14. The normalized spacial score (nSPS) is 12.0. The minimum absolute atomic E-state index is 0.140. The van der Waals surface area contributed by atoms with Crippen LogP contribution in [-0.4, -0.2) is 14.7 Å². The molecule has 1 rings (SSSR count). The molecule has 0 amide bonds. The number of benzene rings is 1. The molecule has 0 heterocycles. The Hall–Kier alpha value is -0.830. The van der Waals surface area contributed by atoms with E-state index in [0.29, 0.717) is 5.92 Å².